The van der Waals surface area contributed by atoms with Gasteiger partial charge in [-0.25, -0.2) is 0 Å². The Labute approximate surface area is 105 Å². The van der Waals surface area contributed by atoms with Crippen molar-refractivity contribution < 1.29 is 5.11 Å². The van der Waals surface area contributed by atoms with Gasteiger partial charge in [-0.3, -0.25) is 0 Å². The van der Waals surface area contributed by atoms with Gasteiger partial charge in [0.2, 0.25) is 0 Å². The Hall–Kier alpha value is -0.760. The quantitative estimate of drug-likeness (QED) is 0.745. The summed E-state index contributed by atoms with van der Waals surface area (Å²) in [7, 11) is 0. The van der Waals surface area contributed by atoms with Crippen molar-refractivity contribution in [1.82, 2.24) is 4.57 Å². The lowest BCUT2D eigenvalue weighted by Gasteiger charge is -2.16. The fraction of sp³-hybridized carbons (Fsp3) is 0.733. The molecule has 0 aliphatic heterocycles. The van der Waals surface area contributed by atoms with Gasteiger partial charge in [-0.2, -0.15) is 0 Å². The normalized spacial score (nSPS) is 19.3. The minimum Gasteiger partial charge on any atom is -0.388 e. The molecule has 2 heteroatoms. The smallest absolute Gasteiger partial charge is 0.0807 e. The molecule has 1 heterocycles. The minimum atomic E-state index is -0.208. The van der Waals surface area contributed by atoms with Gasteiger partial charge in [0.15, 0.2) is 0 Å². The maximum absolute atomic E-state index is 9.90. The monoisotopic (exact) mass is 235 g/mol. The van der Waals surface area contributed by atoms with E-state index in [1.165, 1.54) is 43.2 Å². The molecular weight excluding hydrogens is 210 g/mol. The molecule has 0 spiro atoms. The van der Waals surface area contributed by atoms with Gasteiger partial charge in [0.1, 0.15) is 0 Å². The van der Waals surface area contributed by atoms with E-state index in [1.807, 2.05) is 0 Å². The van der Waals surface area contributed by atoms with Crippen molar-refractivity contribution in [1.29, 1.82) is 0 Å². The zero-order valence-corrected chi connectivity index (χ0v) is 11.0. The third kappa shape index (κ3) is 3.35. The molecule has 1 aromatic heterocycles. The Morgan fingerprint density at radius 1 is 1.24 bits per heavy atom. The van der Waals surface area contributed by atoms with Gasteiger partial charge in [0.05, 0.1) is 6.10 Å². The van der Waals surface area contributed by atoms with Crippen LogP contribution in [0.1, 0.15) is 69.1 Å². The van der Waals surface area contributed by atoms with Crippen LogP contribution < -0.4 is 0 Å². The van der Waals surface area contributed by atoms with E-state index in [0.29, 0.717) is 0 Å². The predicted octanol–water partition coefficient (Wildman–Crippen LogP) is 3.83. The topological polar surface area (TPSA) is 25.2 Å². The van der Waals surface area contributed by atoms with Crippen molar-refractivity contribution in [2.75, 3.05) is 0 Å². The average Bonchev–Trinajstić information content (AvgIpc) is 2.73. The number of rotatable bonds is 6. The van der Waals surface area contributed by atoms with Crippen LogP contribution in [0, 0.1) is 0 Å². The first-order valence-corrected chi connectivity index (χ1v) is 7.18. The lowest BCUT2D eigenvalue weighted by molar-refractivity contribution is 0.157. The highest BCUT2D eigenvalue weighted by Gasteiger charge is 2.19. The summed E-state index contributed by atoms with van der Waals surface area (Å²) in [5.74, 6) is 0. The van der Waals surface area contributed by atoms with Crippen LogP contribution in [0.15, 0.2) is 12.4 Å². The van der Waals surface area contributed by atoms with E-state index in [9.17, 15) is 5.11 Å². The zero-order chi connectivity index (χ0) is 12.1. The number of hydrogen-bond acceptors (Lipinski definition) is 1. The fourth-order valence-corrected chi connectivity index (χ4v) is 2.75. The highest BCUT2D eigenvalue weighted by atomic mass is 16.3. The number of aliphatic hydroxyl groups is 1. The largest absolute Gasteiger partial charge is 0.388 e. The van der Waals surface area contributed by atoms with Crippen molar-refractivity contribution in [3.63, 3.8) is 0 Å². The van der Waals surface area contributed by atoms with Gasteiger partial charge in [-0.15, -0.1) is 0 Å². The van der Waals surface area contributed by atoms with Crippen LogP contribution >= 0.6 is 0 Å². The molecule has 0 saturated carbocycles. The number of aromatic nitrogens is 1. The maximum atomic E-state index is 9.90. The third-order valence-electron chi connectivity index (χ3n) is 3.80. The molecule has 0 radical (unpaired) electrons. The first-order chi connectivity index (χ1) is 8.31. The molecule has 1 N–H and O–H groups in total. The van der Waals surface area contributed by atoms with Gasteiger partial charge < -0.3 is 9.67 Å². The van der Waals surface area contributed by atoms with E-state index >= 15 is 0 Å². The molecule has 0 bridgehead atoms. The molecule has 1 aliphatic rings. The van der Waals surface area contributed by atoms with Crippen LogP contribution in [0.4, 0.5) is 0 Å². The Kier molecular flexibility index (Phi) is 4.66. The van der Waals surface area contributed by atoms with E-state index in [2.05, 4.69) is 23.9 Å². The van der Waals surface area contributed by atoms with Gasteiger partial charge in [-0.05, 0) is 31.2 Å². The van der Waals surface area contributed by atoms with Crippen LogP contribution in [-0.2, 0) is 13.0 Å². The Morgan fingerprint density at radius 3 is 2.82 bits per heavy atom. The fourth-order valence-electron chi connectivity index (χ4n) is 2.75. The van der Waals surface area contributed by atoms with Crippen molar-refractivity contribution in [3.8, 4) is 0 Å². The van der Waals surface area contributed by atoms with E-state index < -0.39 is 0 Å². The number of fused-ring (bicyclic) bond motifs is 1. The highest BCUT2D eigenvalue weighted by molar-refractivity contribution is 5.28. The second-order valence-corrected chi connectivity index (χ2v) is 5.30. The Balaban J connectivity index is 1.81. The molecule has 2 rings (SSSR count). The summed E-state index contributed by atoms with van der Waals surface area (Å²) in [4.78, 5) is 0. The molecular formula is C15H25NO. The Bertz CT molecular complexity index is 343. The summed E-state index contributed by atoms with van der Waals surface area (Å²) in [6, 6.07) is 0. The lowest BCUT2D eigenvalue weighted by atomic mass is 9.93. The molecule has 2 nitrogen and oxygen atoms in total. The van der Waals surface area contributed by atoms with Crippen LogP contribution in [-0.4, -0.2) is 9.67 Å². The first-order valence-electron chi connectivity index (χ1n) is 7.18. The van der Waals surface area contributed by atoms with E-state index in [4.69, 9.17) is 0 Å². The van der Waals surface area contributed by atoms with Gasteiger partial charge in [0.25, 0.3) is 0 Å². The third-order valence-corrected chi connectivity index (χ3v) is 3.80. The summed E-state index contributed by atoms with van der Waals surface area (Å²) in [5.41, 5.74) is 2.56. The SMILES string of the molecule is CCCCCCCn1cc2c(c1)C(O)CCC2. The van der Waals surface area contributed by atoms with E-state index in [1.54, 1.807) is 0 Å². The Morgan fingerprint density at radius 2 is 2.06 bits per heavy atom. The van der Waals surface area contributed by atoms with Crippen LogP contribution in [0.25, 0.3) is 0 Å². The number of aliphatic hydroxyl groups excluding tert-OH is 1. The van der Waals surface area contributed by atoms with Gasteiger partial charge in [0, 0.05) is 24.5 Å². The number of nitrogens with zero attached hydrogens (tertiary/aromatic N) is 1. The van der Waals surface area contributed by atoms with Gasteiger partial charge in [-0.1, -0.05) is 32.6 Å². The molecule has 0 saturated heterocycles. The number of aryl methyl sites for hydroxylation is 2. The molecule has 1 unspecified atom stereocenters. The van der Waals surface area contributed by atoms with E-state index in [-0.39, 0.29) is 6.10 Å². The standard InChI is InChI=1S/C15H25NO/c1-2-3-4-5-6-10-16-11-13-8-7-9-15(17)14(13)12-16/h11-12,15,17H,2-10H2,1H3. The first kappa shape index (κ1) is 12.7. The van der Waals surface area contributed by atoms with Crippen molar-refractivity contribution in [2.45, 2.75) is 70.9 Å². The van der Waals surface area contributed by atoms with Crippen LogP contribution in [0.3, 0.4) is 0 Å². The molecule has 1 atom stereocenters. The highest BCUT2D eigenvalue weighted by Crippen LogP contribution is 2.30. The summed E-state index contributed by atoms with van der Waals surface area (Å²) in [6.45, 7) is 3.37. The molecule has 17 heavy (non-hydrogen) atoms. The summed E-state index contributed by atoms with van der Waals surface area (Å²) < 4.78 is 2.28. The lowest BCUT2D eigenvalue weighted by Crippen LogP contribution is -2.05. The summed E-state index contributed by atoms with van der Waals surface area (Å²) in [6.07, 6.45) is 14.1. The van der Waals surface area contributed by atoms with Crippen LogP contribution in [0.2, 0.25) is 0 Å². The second kappa shape index (κ2) is 6.25. The summed E-state index contributed by atoms with van der Waals surface area (Å²) >= 11 is 0. The average molecular weight is 235 g/mol. The molecule has 0 fully saturated rings. The molecule has 0 aromatic carbocycles. The minimum absolute atomic E-state index is 0.208. The zero-order valence-electron chi connectivity index (χ0n) is 11.0. The van der Waals surface area contributed by atoms with Crippen molar-refractivity contribution in [3.05, 3.63) is 23.5 Å². The van der Waals surface area contributed by atoms with Crippen molar-refractivity contribution in [2.24, 2.45) is 0 Å². The van der Waals surface area contributed by atoms with Crippen LogP contribution in [0.5, 0.6) is 0 Å². The van der Waals surface area contributed by atoms with Crippen molar-refractivity contribution >= 4 is 0 Å². The predicted molar refractivity (Wildman–Crippen MR) is 71.1 cm³/mol. The second-order valence-electron chi connectivity index (χ2n) is 5.30. The van der Waals surface area contributed by atoms with E-state index in [0.717, 1.165) is 25.8 Å². The number of hydrogen-bond donors (Lipinski definition) is 1. The maximum Gasteiger partial charge on any atom is 0.0807 e. The summed E-state index contributed by atoms with van der Waals surface area (Å²) in [5, 5.41) is 9.90. The van der Waals surface area contributed by atoms with Gasteiger partial charge >= 0.3 is 0 Å². The molecule has 96 valence electrons. The molecule has 1 aromatic rings. The number of unbranched alkanes of at least 4 members (excludes halogenated alkanes) is 4. The molecule has 1 aliphatic carbocycles. The molecule has 0 amide bonds.